The number of aryl methyl sites for hydroxylation is 2. The van der Waals surface area contributed by atoms with Crippen molar-refractivity contribution in [3.05, 3.63) is 46.8 Å². The molecule has 1 aromatic heterocycles. The van der Waals surface area contributed by atoms with Crippen LogP contribution >= 0.6 is 0 Å². The molecule has 0 saturated heterocycles. The number of ether oxygens (including phenoxy) is 1. The van der Waals surface area contributed by atoms with Crippen LogP contribution in [-0.4, -0.2) is 12.3 Å². The van der Waals surface area contributed by atoms with E-state index in [-0.39, 0.29) is 5.92 Å². The molecule has 0 aliphatic heterocycles. The minimum absolute atomic E-state index is 0.236. The molecule has 0 bridgehead atoms. The van der Waals surface area contributed by atoms with Crippen LogP contribution in [0.25, 0.3) is 0 Å². The summed E-state index contributed by atoms with van der Waals surface area (Å²) in [4.78, 5) is 0. The molecule has 2 aromatic rings. The molecule has 0 aliphatic carbocycles. The first-order valence-corrected chi connectivity index (χ1v) is 6.11. The average Bonchev–Trinajstić information content (AvgIpc) is 2.76. The Morgan fingerprint density at radius 1 is 1.32 bits per heavy atom. The summed E-state index contributed by atoms with van der Waals surface area (Å²) in [6.07, 6.45) is 0.642. The van der Waals surface area contributed by atoms with Gasteiger partial charge in [0, 0.05) is 5.56 Å². The van der Waals surface area contributed by atoms with Crippen molar-refractivity contribution in [3.63, 3.8) is 0 Å². The molecule has 1 unspecified atom stereocenters. The van der Waals surface area contributed by atoms with Crippen LogP contribution in [0.15, 0.2) is 28.8 Å². The van der Waals surface area contributed by atoms with Crippen molar-refractivity contribution in [1.82, 2.24) is 5.16 Å². The Morgan fingerprint density at radius 3 is 2.47 bits per heavy atom. The Labute approximate surface area is 112 Å². The molecule has 1 heterocycles. The molecule has 0 fully saturated rings. The third-order valence-corrected chi connectivity index (χ3v) is 3.19. The van der Waals surface area contributed by atoms with Crippen molar-refractivity contribution in [1.29, 1.82) is 5.26 Å². The summed E-state index contributed by atoms with van der Waals surface area (Å²) in [7, 11) is 1.64. The van der Waals surface area contributed by atoms with E-state index in [1.165, 1.54) is 0 Å². The molecular weight excluding hydrogens is 240 g/mol. The van der Waals surface area contributed by atoms with E-state index in [1.807, 2.05) is 38.1 Å². The maximum absolute atomic E-state index is 9.36. The van der Waals surface area contributed by atoms with E-state index in [0.29, 0.717) is 6.42 Å². The van der Waals surface area contributed by atoms with Gasteiger partial charge >= 0.3 is 0 Å². The van der Waals surface area contributed by atoms with Gasteiger partial charge in [-0.15, -0.1) is 0 Å². The van der Waals surface area contributed by atoms with E-state index in [4.69, 9.17) is 9.26 Å². The van der Waals surface area contributed by atoms with Crippen molar-refractivity contribution in [2.75, 3.05) is 7.11 Å². The van der Waals surface area contributed by atoms with Gasteiger partial charge < -0.3 is 9.26 Å². The van der Waals surface area contributed by atoms with Crippen molar-refractivity contribution >= 4 is 0 Å². The highest BCUT2D eigenvalue weighted by molar-refractivity contribution is 5.34. The molecule has 4 heteroatoms. The quantitative estimate of drug-likeness (QED) is 0.843. The van der Waals surface area contributed by atoms with Crippen LogP contribution in [0.3, 0.4) is 0 Å². The predicted octanol–water partition coefficient (Wildman–Crippen LogP) is 3.15. The predicted molar refractivity (Wildman–Crippen MR) is 71.0 cm³/mol. The van der Waals surface area contributed by atoms with Gasteiger partial charge in [-0.25, -0.2) is 0 Å². The second-order valence-electron chi connectivity index (χ2n) is 4.47. The second-order valence-corrected chi connectivity index (χ2v) is 4.47. The highest BCUT2D eigenvalue weighted by atomic mass is 16.5. The molecule has 0 amide bonds. The summed E-state index contributed by atoms with van der Waals surface area (Å²) >= 11 is 0. The van der Waals surface area contributed by atoms with Gasteiger partial charge in [0.05, 0.1) is 24.8 Å². The Balaban J connectivity index is 2.22. The number of benzene rings is 1. The summed E-state index contributed by atoms with van der Waals surface area (Å²) in [5.74, 6) is 1.30. The molecule has 1 atom stereocenters. The van der Waals surface area contributed by atoms with E-state index >= 15 is 0 Å². The van der Waals surface area contributed by atoms with Gasteiger partial charge in [-0.2, -0.15) is 5.26 Å². The fourth-order valence-corrected chi connectivity index (χ4v) is 2.20. The molecule has 1 aromatic carbocycles. The third kappa shape index (κ3) is 2.76. The first-order chi connectivity index (χ1) is 9.15. The summed E-state index contributed by atoms with van der Waals surface area (Å²) in [5, 5.41) is 13.3. The van der Waals surface area contributed by atoms with E-state index in [0.717, 1.165) is 28.3 Å². The molecule has 0 aliphatic rings. The molecule has 98 valence electrons. The van der Waals surface area contributed by atoms with Crippen LogP contribution in [0.4, 0.5) is 0 Å². The zero-order chi connectivity index (χ0) is 13.8. The van der Waals surface area contributed by atoms with Gasteiger partial charge in [0.15, 0.2) is 0 Å². The fraction of sp³-hybridized carbons (Fsp3) is 0.333. The zero-order valence-corrected chi connectivity index (χ0v) is 11.3. The maximum atomic E-state index is 9.36. The van der Waals surface area contributed by atoms with Crippen LogP contribution < -0.4 is 4.74 Å². The Kier molecular flexibility index (Phi) is 3.86. The SMILES string of the molecule is COc1ccc(CC(C#N)c2c(C)noc2C)cc1. The third-order valence-electron chi connectivity index (χ3n) is 3.19. The smallest absolute Gasteiger partial charge is 0.138 e. The van der Waals surface area contributed by atoms with Gasteiger partial charge in [-0.1, -0.05) is 17.3 Å². The highest BCUT2D eigenvalue weighted by Gasteiger charge is 2.20. The molecule has 0 N–H and O–H groups in total. The number of hydrogen-bond acceptors (Lipinski definition) is 4. The maximum Gasteiger partial charge on any atom is 0.138 e. The number of nitrogens with zero attached hydrogens (tertiary/aromatic N) is 2. The summed E-state index contributed by atoms with van der Waals surface area (Å²) in [6, 6.07) is 10.1. The molecular formula is C15H16N2O2. The largest absolute Gasteiger partial charge is 0.497 e. The minimum atomic E-state index is -0.236. The Bertz CT molecular complexity index is 574. The minimum Gasteiger partial charge on any atom is -0.497 e. The van der Waals surface area contributed by atoms with E-state index in [9.17, 15) is 5.26 Å². The molecule has 0 radical (unpaired) electrons. The second kappa shape index (κ2) is 5.57. The molecule has 0 spiro atoms. The van der Waals surface area contributed by atoms with Gasteiger partial charge in [-0.3, -0.25) is 0 Å². The lowest BCUT2D eigenvalue weighted by molar-refractivity contribution is 0.392. The lowest BCUT2D eigenvalue weighted by Gasteiger charge is -2.09. The van der Waals surface area contributed by atoms with E-state index in [1.54, 1.807) is 7.11 Å². The van der Waals surface area contributed by atoms with Crippen LogP contribution in [0, 0.1) is 25.2 Å². The summed E-state index contributed by atoms with van der Waals surface area (Å²) < 4.78 is 10.3. The number of rotatable bonds is 4. The average molecular weight is 256 g/mol. The summed E-state index contributed by atoms with van der Waals surface area (Å²) in [6.45, 7) is 3.71. The van der Waals surface area contributed by atoms with Gasteiger partial charge in [0.2, 0.25) is 0 Å². The first-order valence-electron chi connectivity index (χ1n) is 6.11. The van der Waals surface area contributed by atoms with Crippen LogP contribution in [0.2, 0.25) is 0 Å². The Morgan fingerprint density at radius 2 is 2.00 bits per heavy atom. The lowest BCUT2D eigenvalue weighted by Crippen LogP contribution is -2.03. The lowest BCUT2D eigenvalue weighted by atomic mass is 9.92. The molecule has 0 saturated carbocycles. The van der Waals surface area contributed by atoms with Crippen LogP contribution in [0.1, 0.15) is 28.5 Å². The van der Waals surface area contributed by atoms with E-state index in [2.05, 4.69) is 11.2 Å². The van der Waals surface area contributed by atoms with Crippen molar-refractivity contribution in [2.24, 2.45) is 0 Å². The van der Waals surface area contributed by atoms with Crippen LogP contribution in [-0.2, 0) is 6.42 Å². The van der Waals surface area contributed by atoms with Gasteiger partial charge in [-0.05, 0) is 38.0 Å². The monoisotopic (exact) mass is 256 g/mol. The topological polar surface area (TPSA) is 59.0 Å². The number of aromatic nitrogens is 1. The number of hydrogen-bond donors (Lipinski definition) is 0. The van der Waals surface area contributed by atoms with Gasteiger partial charge in [0.25, 0.3) is 0 Å². The van der Waals surface area contributed by atoms with Crippen molar-refractivity contribution < 1.29 is 9.26 Å². The zero-order valence-electron chi connectivity index (χ0n) is 11.3. The molecule has 19 heavy (non-hydrogen) atoms. The first kappa shape index (κ1) is 13.2. The number of nitriles is 1. The standard InChI is InChI=1S/C15H16N2O2/c1-10-15(11(2)19-17-10)13(9-16)8-12-4-6-14(18-3)7-5-12/h4-7,13H,8H2,1-3H3. The van der Waals surface area contributed by atoms with Crippen molar-refractivity contribution in [2.45, 2.75) is 26.2 Å². The summed E-state index contributed by atoms with van der Waals surface area (Å²) in [5.41, 5.74) is 2.78. The van der Waals surface area contributed by atoms with Gasteiger partial charge in [0.1, 0.15) is 11.5 Å². The van der Waals surface area contributed by atoms with E-state index < -0.39 is 0 Å². The Hall–Kier alpha value is -2.28. The van der Waals surface area contributed by atoms with Crippen molar-refractivity contribution in [3.8, 4) is 11.8 Å². The molecule has 4 nitrogen and oxygen atoms in total. The number of methoxy groups -OCH3 is 1. The van der Waals surface area contributed by atoms with Crippen LogP contribution in [0.5, 0.6) is 5.75 Å². The normalized spacial score (nSPS) is 11.9. The highest BCUT2D eigenvalue weighted by Crippen LogP contribution is 2.26. The molecule has 2 rings (SSSR count). The fourth-order valence-electron chi connectivity index (χ4n) is 2.20.